The van der Waals surface area contributed by atoms with Gasteiger partial charge >= 0.3 is 6.18 Å². The van der Waals surface area contributed by atoms with Crippen LogP contribution in [0.4, 0.5) is 24.8 Å². The van der Waals surface area contributed by atoms with Crippen LogP contribution in [0.25, 0.3) is 0 Å². The van der Waals surface area contributed by atoms with Gasteiger partial charge in [-0.15, -0.1) is 0 Å². The average molecular weight is 306 g/mol. The lowest BCUT2D eigenvalue weighted by molar-refractivity contribution is -0.120. The van der Waals surface area contributed by atoms with Crippen LogP contribution in [0.5, 0.6) is 0 Å². The second-order valence-corrected chi connectivity index (χ2v) is 4.58. The summed E-state index contributed by atoms with van der Waals surface area (Å²) in [7, 11) is 0. The molecular formula is C13H21F3N4O. The van der Waals surface area contributed by atoms with Crippen molar-refractivity contribution in [1.29, 1.82) is 0 Å². The first-order chi connectivity index (χ1) is 9.82. The van der Waals surface area contributed by atoms with Crippen LogP contribution in [-0.4, -0.2) is 47.5 Å². The van der Waals surface area contributed by atoms with E-state index in [0.717, 1.165) is 4.90 Å². The Balaban J connectivity index is 3.24. The average Bonchev–Trinajstić information content (AvgIpc) is 2.39. The number of aryl methyl sites for hydroxylation is 1. The van der Waals surface area contributed by atoms with Crippen LogP contribution in [0.3, 0.4) is 0 Å². The lowest BCUT2D eigenvalue weighted by Crippen LogP contribution is -2.37. The minimum Gasteiger partial charge on any atom is -0.395 e. The lowest BCUT2D eigenvalue weighted by Gasteiger charge is -2.26. The Kier molecular flexibility index (Phi) is 6.19. The summed E-state index contributed by atoms with van der Waals surface area (Å²) in [6.07, 6.45) is -3.85. The molecule has 0 aliphatic carbocycles. The number of rotatable bonds is 7. The van der Waals surface area contributed by atoms with Gasteiger partial charge < -0.3 is 15.3 Å². The summed E-state index contributed by atoms with van der Waals surface area (Å²) >= 11 is 0. The number of halogens is 3. The van der Waals surface area contributed by atoms with Crippen molar-refractivity contribution in [2.45, 2.75) is 33.4 Å². The van der Waals surface area contributed by atoms with E-state index in [1.165, 1.54) is 0 Å². The normalized spacial score (nSPS) is 11.6. The van der Waals surface area contributed by atoms with Crippen LogP contribution < -0.4 is 10.2 Å². The van der Waals surface area contributed by atoms with Gasteiger partial charge in [-0.3, -0.25) is 0 Å². The van der Waals surface area contributed by atoms with Gasteiger partial charge in [0.2, 0.25) is 0 Å². The first-order valence-electron chi connectivity index (χ1n) is 6.86. The van der Waals surface area contributed by atoms with E-state index in [2.05, 4.69) is 15.3 Å². The van der Waals surface area contributed by atoms with Crippen LogP contribution in [0, 0.1) is 6.92 Å². The van der Waals surface area contributed by atoms with Gasteiger partial charge in [-0.25, -0.2) is 9.97 Å². The Morgan fingerprint density at radius 3 is 2.38 bits per heavy atom. The molecule has 0 aliphatic heterocycles. The Morgan fingerprint density at radius 1 is 1.24 bits per heavy atom. The third-order valence-corrected chi connectivity index (χ3v) is 2.87. The monoisotopic (exact) mass is 306 g/mol. The third-order valence-electron chi connectivity index (χ3n) is 2.87. The molecule has 0 aromatic carbocycles. The number of aliphatic hydroxyl groups excluding tert-OH is 1. The van der Waals surface area contributed by atoms with Crippen molar-refractivity contribution in [1.82, 2.24) is 9.97 Å². The first-order valence-corrected chi connectivity index (χ1v) is 6.86. The second kappa shape index (κ2) is 7.44. The van der Waals surface area contributed by atoms with Gasteiger partial charge in [0.15, 0.2) is 0 Å². The van der Waals surface area contributed by atoms with Crippen molar-refractivity contribution in [2.24, 2.45) is 0 Å². The number of aliphatic hydroxyl groups is 1. The molecule has 5 nitrogen and oxygen atoms in total. The zero-order valence-electron chi connectivity index (χ0n) is 12.5. The van der Waals surface area contributed by atoms with Crippen LogP contribution >= 0.6 is 0 Å². The number of nitrogens with zero attached hydrogens (tertiary/aromatic N) is 3. The van der Waals surface area contributed by atoms with Crippen molar-refractivity contribution < 1.29 is 18.3 Å². The van der Waals surface area contributed by atoms with Gasteiger partial charge in [-0.1, -0.05) is 6.92 Å². The molecule has 0 spiro atoms. The van der Waals surface area contributed by atoms with E-state index in [1.807, 2.05) is 13.8 Å². The smallest absolute Gasteiger partial charge is 0.395 e. The fourth-order valence-corrected chi connectivity index (χ4v) is 1.95. The highest BCUT2D eigenvalue weighted by atomic mass is 19.4. The molecule has 0 aliphatic rings. The first kappa shape index (κ1) is 17.5. The van der Waals surface area contributed by atoms with E-state index in [-0.39, 0.29) is 19.0 Å². The second-order valence-electron chi connectivity index (χ2n) is 4.58. The van der Waals surface area contributed by atoms with E-state index in [1.54, 1.807) is 6.92 Å². The standard InChI is InChI=1S/C13H21F3N4O/c1-4-10-18-11(17-5-2)9(3)12(19-10)20(6-7-21)8-13(14,15)16/h21H,4-8H2,1-3H3,(H,17,18,19). The molecule has 0 bridgehead atoms. The minimum absolute atomic E-state index is 0.133. The van der Waals surface area contributed by atoms with E-state index in [4.69, 9.17) is 5.11 Å². The third kappa shape index (κ3) is 5.04. The molecule has 0 atom stereocenters. The van der Waals surface area contributed by atoms with Gasteiger partial charge in [0.1, 0.15) is 24.0 Å². The largest absolute Gasteiger partial charge is 0.405 e. The maximum atomic E-state index is 12.7. The highest BCUT2D eigenvalue weighted by Crippen LogP contribution is 2.27. The molecule has 2 N–H and O–H groups in total. The molecule has 1 rings (SSSR count). The molecule has 0 amide bonds. The summed E-state index contributed by atoms with van der Waals surface area (Å²) in [5, 5.41) is 12.0. The molecule has 1 aromatic rings. The van der Waals surface area contributed by atoms with E-state index < -0.39 is 12.7 Å². The number of anilines is 2. The summed E-state index contributed by atoms with van der Waals surface area (Å²) in [5.74, 6) is 1.21. The van der Waals surface area contributed by atoms with Crippen molar-refractivity contribution in [3.05, 3.63) is 11.4 Å². The molecule has 1 heterocycles. The van der Waals surface area contributed by atoms with Crippen molar-refractivity contribution in [3.8, 4) is 0 Å². The summed E-state index contributed by atoms with van der Waals surface area (Å²) in [6.45, 7) is 4.34. The van der Waals surface area contributed by atoms with Crippen LogP contribution in [0.15, 0.2) is 0 Å². The summed E-state index contributed by atoms with van der Waals surface area (Å²) in [4.78, 5) is 9.53. The number of alkyl halides is 3. The molecule has 1 aromatic heterocycles. The Morgan fingerprint density at radius 2 is 1.90 bits per heavy atom. The topological polar surface area (TPSA) is 61.3 Å². The van der Waals surface area contributed by atoms with Crippen LogP contribution in [0.1, 0.15) is 25.2 Å². The Bertz CT molecular complexity index is 465. The number of nitrogens with one attached hydrogen (secondary N) is 1. The lowest BCUT2D eigenvalue weighted by atomic mass is 10.2. The Labute approximate surface area is 122 Å². The maximum Gasteiger partial charge on any atom is 0.405 e. The summed E-state index contributed by atoms with van der Waals surface area (Å²) in [5.41, 5.74) is 0.548. The fourth-order valence-electron chi connectivity index (χ4n) is 1.95. The number of aromatic nitrogens is 2. The van der Waals surface area contributed by atoms with Gasteiger partial charge in [0.05, 0.1) is 6.61 Å². The van der Waals surface area contributed by atoms with Gasteiger partial charge in [0, 0.05) is 25.1 Å². The predicted octanol–water partition coefficient (Wildman–Crippen LogP) is 2.14. The molecule has 0 radical (unpaired) electrons. The quantitative estimate of drug-likeness (QED) is 0.808. The predicted molar refractivity (Wildman–Crippen MR) is 75.7 cm³/mol. The van der Waals surface area contributed by atoms with Crippen LogP contribution in [0.2, 0.25) is 0 Å². The summed E-state index contributed by atoms with van der Waals surface area (Å²) < 4.78 is 38.1. The maximum absolute atomic E-state index is 12.7. The SMILES string of the molecule is CCNc1nc(CC)nc(N(CCO)CC(F)(F)F)c1C. The van der Waals surface area contributed by atoms with Crippen molar-refractivity contribution in [2.75, 3.05) is 36.5 Å². The van der Waals surface area contributed by atoms with E-state index in [0.29, 0.717) is 30.2 Å². The molecule has 8 heteroatoms. The molecule has 0 saturated heterocycles. The molecular weight excluding hydrogens is 285 g/mol. The van der Waals surface area contributed by atoms with Gasteiger partial charge in [-0.2, -0.15) is 13.2 Å². The zero-order chi connectivity index (χ0) is 16.0. The molecule has 21 heavy (non-hydrogen) atoms. The number of hydrogen-bond donors (Lipinski definition) is 2. The summed E-state index contributed by atoms with van der Waals surface area (Å²) in [6, 6.07) is 0. The highest BCUT2D eigenvalue weighted by molar-refractivity contribution is 5.58. The number of hydrogen-bond acceptors (Lipinski definition) is 5. The molecule has 0 saturated carbocycles. The van der Waals surface area contributed by atoms with Gasteiger partial charge in [0.25, 0.3) is 0 Å². The highest BCUT2D eigenvalue weighted by Gasteiger charge is 2.32. The van der Waals surface area contributed by atoms with Crippen LogP contribution in [-0.2, 0) is 6.42 Å². The minimum atomic E-state index is -4.36. The van der Waals surface area contributed by atoms with Gasteiger partial charge in [-0.05, 0) is 13.8 Å². The molecule has 0 fully saturated rings. The van der Waals surface area contributed by atoms with Crippen molar-refractivity contribution >= 4 is 11.6 Å². The Hall–Kier alpha value is -1.57. The van der Waals surface area contributed by atoms with E-state index in [9.17, 15) is 13.2 Å². The van der Waals surface area contributed by atoms with Crippen molar-refractivity contribution in [3.63, 3.8) is 0 Å². The molecule has 0 unspecified atom stereocenters. The van der Waals surface area contributed by atoms with E-state index >= 15 is 0 Å². The molecule has 120 valence electrons. The zero-order valence-corrected chi connectivity index (χ0v) is 12.5. The fraction of sp³-hybridized carbons (Fsp3) is 0.692.